The van der Waals surface area contributed by atoms with Gasteiger partial charge in [0.2, 0.25) is 0 Å². The molecule has 22 heavy (non-hydrogen) atoms. The van der Waals surface area contributed by atoms with Gasteiger partial charge < -0.3 is 4.98 Å². The molecule has 0 aliphatic carbocycles. The highest BCUT2D eigenvalue weighted by atomic mass is 14.7. The van der Waals surface area contributed by atoms with Crippen LogP contribution in [0.15, 0.2) is 54.8 Å². The Bertz CT molecular complexity index is 589. The van der Waals surface area contributed by atoms with E-state index in [0.29, 0.717) is 0 Å². The Balaban J connectivity index is 1.55. The first-order valence-electron chi connectivity index (χ1n) is 8.77. The van der Waals surface area contributed by atoms with Gasteiger partial charge in [0.25, 0.3) is 0 Å². The molecule has 118 valence electrons. The summed E-state index contributed by atoms with van der Waals surface area (Å²) in [4.78, 5) is 3.36. The van der Waals surface area contributed by atoms with Crippen molar-refractivity contribution < 1.29 is 0 Å². The quantitative estimate of drug-likeness (QED) is 0.376. The maximum atomic E-state index is 3.36. The Morgan fingerprint density at radius 3 is 2.64 bits per heavy atom. The van der Waals surface area contributed by atoms with Crippen LogP contribution >= 0.6 is 0 Å². The van der Waals surface area contributed by atoms with Crippen LogP contribution in [-0.2, 0) is 6.42 Å². The van der Waals surface area contributed by atoms with Crippen molar-refractivity contribution in [2.24, 2.45) is 0 Å². The number of aromatic nitrogens is 1. The Labute approximate surface area is 135 Å². The minimum absolute atomic E-state index is 1.09. The lowest BCUT2D eigenvalue weighted by Crippen LogP contribution is -1.84. The fraction of sp³-hybridized carbons (Fsp3) is 0.429. The summed E-state index contributed by atoms with van der Waals surface area (Å²) in [5.74, 6) is 0. The lowest BCUT2D eigenvalue weighted by molar-refractivity contribution is 0.647. The highest BCUT2D eigenvalue weighted by Crippen LogP contribution is 2.20. The van der Waals surface area contributed by atoms with E-state index in [1.54, 1.807) is 0 Å². The normalized spacial score (nSPS) is 12.0. The molecule has 0 radical (unpaired) electrons. The maximum absolute atomic E-state index is 3.36. The van der Waals surface area contributed by atoms with Crippen molar-refractivity contribution in [1.29, 1.82) is 0 Å². The molecule has 1 heteroatoms. The Morgan fingerprint density at radius 1 is 0.909 bits per heavy atom. The average Bonchev–Trinajstić information content (AvgIpc) is 2.96. The summed E-state index contributed by atoms with van der Waals surface area (Å²) < 4.78 is 0. The van der Waals surface area contributed by atoms with E-state index in [1.807, 2.05) is 0 Å². The lowest BCUT2D eigenvalue weighted by atomic mass is 10.0. The molecule has 1 aromatic carbocycles. The second-order valence-corrected chi connectivity index (χ2v) is 5.90. The van der Waals surface area contributed by atoms with Crippen LogP contribution in [0.4, 0.5) is 0 Å². The number of unbranched alkanes of at least 4 members (excludes halogenated alkanes) is 4. The fourth-order valence-corrected chi connectivity index (χ4v) is 2.83. The van der Waals surface area contributed by atoms with Crippen LogP contribution in [-0.4, -0.2) is 4.98 Å². The third-order valence-corrected chi connectivity index (χ3v) is 4.08. The molecule has 0 bridgehead atoms. The lowest BCUT2D eigenvalue weighted by Gasteiger charge is -2.00. The average molecular weight is 295 g/mol. The summed E-state index contributed by atoms with van der Waals surface area (Å²) in [6, 6.07) is 8.59. The SMILES string of the molecule is CC/C=C\C/C=C\CCCCCCc1c[nH]c2ccccc12. The van der Waals surface area contributed by atoms with E-state index in [-0.39, 0.29) is 0 Å². The van der Waals surface area contributed by atoms with Crippen molar-refractivity contribution in [3.05, 3.63) is 60.3 Å². The van der Waals surface area contributed by atoms with Crippen molar-refractivity contribution in [3.63, 3.8) is 0 Å². The first kappa shape index (κ1) is 16.6. The summed E-state index contributed by atoms with van der Waals surface area (Å²) in [7, 11) is 0. The van der Waals surface area contributed by atoms with E-state index in [1.165, 1.54) is 55.0 Å². The van der Waals surface area contributed by atoms with Crippen molar-refractivity contribution in [1.82, 2.24) is 4.98 Å². The number of H-pyrrole nitrogens is 1. The van der Waals surface area contributed by atoms with Gasteiger partial charge in [0.05, 0.1) is 0 Å². The zero-order valence-corrected chi connectivity index (χ0v) is 13.9. The molecule has 0 saturated heterocycles. The van der Waals surface area contributed by atoms with Crippen LogP contribution in [0.3, 0.4) is 0 Å². The number of nitrogens with one attached hydrogen (secondary N) is 1. The summed E-state index contributed by atoms with van der Waals surface area (Å²) in [5.41, 5.74) is 2.73. The maximum Gasteiger partial charge on any atom is 0.0456 e. The summed E-state index contributed by atoms with van der Waals surface area (Å²) in [6.07, 6.45) is 21.2. The van der Waals surface area contributed by atoms with Gasteiger partial charge in [0.15, 0.2) is 0 Å². The number of aryl methyl sites for hydroxylation is 1. The number of rotatable bonds is 10. The minimum atomic E-state index is 1.09. The van der Waals surface area contributed by atoms with Crippen molar-refractivity contribution in [3.8, 4) is 0 Å². The van der Waals surface area contributed by atoms with E-state index in [2.05, 4.69) is 66.7 Å². The molecule has 1 N–H and O–H groups in total. The van der Waals surface area contributed by atoms with Gasteiger partial charge >= 0.3 is 0 Å². The van der Waals surface area contributed by atoms with Gasteiger partial charge in [-0.3, -0.25) is 0 Å². The van der Waals surface area contributed by atoms with E-state index in [0.717, 1.165) is 12.8 Å². The largest absolute Gasteiger partial charge is 0.361 e. The van der Waals surface area contributed by atoms with Crippen molar-refractivity contribution in [2.75, 3.05) is 0 Å². The predicted molar refractivity (Wildman–Crippen MR) is 98.3 cm³/mol. The van der Waals surface area contributed by atoms with Crippen LogP contribution in [0.1, 0.15) is 57.4 Å². The molecular weight excluding hydrogens is 266 g/mol. The van der Waals surface area contributed by atoms with E-state index < -0.39 is 0 Å². The molecule has 0 saturated carbocycles. The zero-order chi connectivity index (χ0) is 15.5. The van der Waals surface area contributed by atoms with Gasteiger partial charge in [-0.1, -0.05) is 62.3 Å². The Hall–Kier alpha value is -1.76. The third kappa shape index (κ3) is 5.55. The van der Waals surface area contributed by atoms with Gasteiger partial charge in [-0.15, -0.1) is 0 Å². The predicted octanol–water partition coefficient (Wildman–Crippen LogP) is 6.57. The van der Waals surface area contributed by atoms with Crippen LogP contribution < -0.4 is 0 Å². The molecule has 0 atom stereocenters. The highest BCUT2D eigenvalue weighted by molar-refractivity contribution is 5.82. The molecule has 2 rings (SSSR count). The van der Waals surface area contributed by atoms with Gasteiger partial charge in [0.1, 0.15) is 0 Å². The summed E-state index contributed by atoms with van der Waals surface area (Å²) in [5, 5.41) is 1.39. The van der Waals surface area contributed by atoms with E-state index >= 15 is 0 Å². The molecular formula is C21H29N. The fourth-order valence-electron chi connectivity index (χ4n) is 2.83. The molecule has 0 amide bonds. The van der Waals surface area contributed by atoms with Gasteiger partial charge in [-0.05, 0) is 50.2 Å². The monoisotopic (exact) mass is 295 g/mol. The number of hydrogen-bond donors (Lipinski definition) is 1. The van der Waals surface area contributed by atoms with Gasteiger partial charge in [-0.2, -0.15) is 0 Å². The Morgan fingerprint density at radius 2 is 1.73 bits per heavy atom. The molecule has 0 spiro atoms. The van der Waals surface area contributed by atoms with Crippen LogP contribution in [0, 0.1) is 0 Å². The van der Waals surface area contributed by atoms with E-state index in [4.69, 9.17) is 0 Å². The first-order chi connectivity index (χ1) is 10.9. The second-order valence-electron chi connectivity index (χ2n) is 5.90. The molecule has 0 aliphatic heterocycles. The number of hydrogen-bond acceptors (Lipinski definition) is 0. The molecule has 1 nitrogen and oxygen atoms in total. The summed E-state index contributed by atoms with van der Waals surface area (Å²) >= 11 is 0. The van der Waals surface area contributed by atoms with Crippen LogP contribution in [0.5, 0.6) is 0 Å². The first-order valence-corrected chi connectivity index (χ1v) is 8.77. The smallest absolute Gasteiger partial charge is 0.0456 e. The number of para-hydroxylation sites is 1. The molecule has 2 aromatic rings. The summed E-state index contributed by atoms with van der Waals surface area (Å²) in [6.45, 7) is 2.18. The van der Waals surface area contributed by atoms with Gasteiger partial charge in [0, 0.05) is 17.1 Å². The zero-order valence-electron chi connectivity index (χ0n) is 13.9. The van der Waals surface area contributed by atoms with Crippen LogP contribution in [0.2, 0.25) is 0 Å². The Kier molecular flexibility index (Phi) is 7.59. The standard InChI is InChI=1S/C21H29N/c1-2-3-4-5-6-7-8-9-10-11-12-15-19-18-22-21-17-14-13-16-20(19)21/h3-4,6-7,13-14,16-18,22H,2,5,8-12,15H2,1H3/b4-3-,7-6-. The molecule has 0 aliphatic rings. The minimum Gasteiger partial charge on any atom is -0.361 e. The number of aromatic amines is 1. The molecule has 1 aromatic heterocycles. The second kappa shape index (κ2) is 10.0. The number of allylic oxidation sites excluding steroid dienone is 4. The topological polar surface area (TPSA) is 15.8 Å². The van der Waals surface area contributed by atoms with Gasteiger partial charge in [-0.25, -0.2) is 0 Å². The van der Waals surface area contributed by atoms with Crippen molar-refractivity contribution >= 4 is 10.9 Å². The third-order valence-electron chi connectivity index (χ3n) is 4.08. The number of fused-ring (bicyclic) bond motifs is 1. The van der Waals surface area contributed by atoms with E-state index in [9.17, 15) is 0 Å². The molecule has 0 unspecified atom stereocenters. The number of benzene rings is 1. The molecule has 1 heterocycles. The van der Waals surface area contributed by atoms with Crippen LogP contribution in [0.25, 0.3) is 10.9 Å². The van der Waals surface area contributed by atoms with Crippen molar-refractivity contribution in [2.45, 2.75) is 58.3 Å². The highest BCUT2D eigenvalue weighted by Gasteiger charge is 2.01. The molecule has 0 fully saturated rings.